The van der Waals surface area contributed by atoms with Crippen LogP contribution in [0.15, 0.2) is 41.7 Å². The highest BCUT2D eigenvalue weighted by Crippen LogP contribution is 2.45. The zero-order valence-electron chi connectivity index (χ0n) is 25.3. The molecule has 1 atom stereocenters. The van der Waals surface area contributed by atoms with Gasteiger partial charge in [0.25, 0.3) is 0 Å². The predicted octanol–water partition coefficient (Wildman–Crippen LogP) is 2.74. The number of fused-ring (bicyclic) bond motifs is 3. The molecule has 45 heavy (non-hydrogen) atoms. The summed E-state index contributed by atoms with van der Waals surface area (Å²) in [5.41, 5.74) is 2.31. The minimum Gasteiger partial charge on any atom is -0.474 e. The van der Waals surface area contributed by atoms with E-state index in [0.29, 0.717) is 53.7 Å². The maximum Gasteiger partial charge on any atom is 0.225 e. The fraction of sp³-hybridized carbons (Fsp3) is 0.414. The van der Waals surface area contributed by atoms with E-state index in [9.17, 15) is 8.42 Å². The molecule has 1 aliphatic rings. The second-order valence-corrected chi connectivity index (χ2v) is 13.6. The van der Waals surface area contributed by atoms with Crippen molar-refractivity contribution in [1.82, 2.24) is 34.5 Å². The Bertz CT molecular complexity index is 2020. The van der Waals surface area contributed by atoms with Crippen LogP contribution in [0.25, 0.3) is 33.2 Å². The maximum absolute atomic E-state index is 15.8. The summed E-state index contributed by atoms with van der Waals surface area (Å²) in [6.45, 7) is 4.58. The molecule has 5 aromatic heterocycles. The minimum atomic E-state index is -3.87. The van der Waals surface area contributed by atoms with Gasteiger partial charge in [0.1, 0.15) is 16.2 Å². The number of halogens is 1. The number of sulfone groups is 1. The Kier molecular flexibility index (Phi) is 8.01. The normalized spacial score (nSPS) is 15.7. The first-order valence-corrected chi connectivity index (χ1v) is 16.3. The van der Waals surface area contributed by atoms with Gasteiger partial charge in [-0.3, -0.25) is 9.97 Å². The summed E-state index contributed by atoms with van der Waals surface area (Å²) in [4.78, 5) is 13.7. The van der Waals surface area contributed by atoms with E-state index in [1.54, 1.807) is 23.9 Å². The van der Waals surface area contributed by atoms with Crippen LogP contribution < -0.4 is 4.74 Å². The average molecular weight is 623 g/mol. The molecular formula is C29H29B3FN7O4S. The first kappa shape index (κ1) is 31.2. The van der Waals surface area contributed by atoms with Crippen LogP contribution in [0.4, 0.5) is 4.39 Å². The van der Waals surface area contributed by atoms with Gasteiger partial charge in [-0.1, -0.05) is 10.3 Å². The lowest BCUT2D eigenvalue weighted by Gasteiger charge is -2.32. The summed E-state index contributed by atoms with van der Waals surface area (Å²) in [5, 5.41) is 6.72. The lowest BCUT2D eigenvalue weighted by atomic mass is 9.41. The van der Waals surface area contributed by atoms with E-state index in [0.717, 1.165) is 6.26 Å². The molecule has 0 bridgehead atoms. The van der Waals surface area contributed by atoms with Gasteiger partial charge < -0.3 is 14.0 Å². The molecule has 0 spiro atoms. The molecule has 1 unspecified atom stereocenters. The van der Waals surface area contributed by atoms with Crippen molar-refractivity contribution in [3.63, 3.8) is 0 Å². The van der Waals surface area contributed by atoms with Gasteiger partial charge in [0, 0.05) is 44.5 Å². The molecule has 226 valence electrons. The summed E-state index contributed by atoms with van der Waals surface area (Å²) < 4.78 is 57.6. The highest BCUT2D eigenvalue weighted by molar-refractivity contribution is 7.91. The van der Waals surface area contributed by atoms with Crippen molar-refractivity contribution in [3.8, 4) is 17.1 Å². The van der Waals surface area contributed by atoms with E-state index in [2.05, 4.69) is 20.3 Å². The number of nitrogens with zero attached hydrogens (tertiary/aromatic N) is 7. The summed E-state index contributed by atoms with van der Waals surface area (Å²) in [6, 6.07) is 3.88. The Morgan fingerprint density at radius 3 is 2.51 bits per heavy atom. The van der Waals surface area contributed by atoms with Crippen LogP contribution in [0.2, 0.25) is 0 Å². The Labute approximate surface area is 264 Å². The Morgan fingerprint density at radius 1 is 1.13 bits per heavy atom. The highest BCUT2D eigenvalue weighted by atomic mass is 32.2. The monoisotopic (exact) mass is 623 g/mol. The molecule has 11 nitrogen and oxygen atoms in total. The van der Waals surface area contributed by atoms with Gasteiger partial charge in [-0.2, -0.15) is 0 Å². The number of hydrogen-bond acceptors (Lipinski definition) is 9. The van der Waals surface area contributed by atoms with E-state index >= 15 is 4.39 Å². The second kappa shape index (κ2) is 11.5. The van der Waals surface area contributed by atoms with Crippen molar-refractivity contribution in [2.45, 2.75) is 48.8 Å². The quantitative estimate of drug-likeness (QED) is 0.240. The molecule has 6 heterocycles. The second-order valence-electron chi connectivity index (χ2n) is 11.7. The molecule has 6 radical (unpaired) electrons. The summed E-state index contributed by atoms with van der Waals surface area (Å²) in [7, 11) is 15.9. The number of hydrogen-bond donors (Lipinski definition) is 0. The fourth-order valence-corrected chi connectivity index (χ4v) is 6.84. The first-order chi connectivity index (χ1) is 21.3. The minimum absolute atomic E-state index is 0.0608. The number of pyridine rings is 3. The van der Waals surface area contributed by atoms with Crippen molar-refractivity contribution >= 4 is 55.3 Å². The van der Waals surface area contributed by atoms with Crippen molar-refractivity contribution in [3.05, 3.63) is 54.0 Å². The predicted molar refractivity (Wildman–Crippen MR) is 169 cm³/mol. The standard InChI is InChI=1S/C29H29B3FN7O4S/c1-15(2)44-28-21-23-19(12-17(13-35-23)25-27(29(30,31)32)37-38-39(25)3)40(26(21)20(14-36-28)45(4,41)42)24(16-7-10-43-11-8-16)22-18(33)6-5-9-34-22/h5-6,9,12-16,24H,7-8,10-11H2,1-4H3. The lowest BCUT2D eigenvalue weighted by Crippen LogP contribution is -2.29. The van der Waals surface area contributed by atoms with Crippen LogP contribution in [0.1, 0.15) is 44.1 Å². The molecule has 6 rings (SSSR count). The summed E-state index contributed by atoms with van der Waals surface area (Å²) >= 11 is 0. The molecule has 0 saturated carbocycles. The van der Waals surface area contributed by atoms with Gasteiger partial charge in [0.05, 0.1) is 75.4 Å². The van der Waals surface area contributed by atoms with Gasteiger partial charge in [-0.25, -0.2) is 22.5 Å². The van der Waals surface area contributed by atoms with Crippen LogP contribution >= 0.6 is 0 Å². The Morgan fingerprint density at radius 2 is 1.87 bits per heavy atom. The molecule has 1 fully saturated rings. The number of aromatic nitrogens is 7. The van der Waals surface area contributed by atoms with Gasteiger partial charge >= 0.3 is 0 Å². The molecule has 0 amide bonds. The van der Waals surface area contributed by atoms with Crippen molar-refractivity contribution in [2.24, 2.45) is 13.0 Å². The van der Waals surface area contributed by atoms with Crippen molar-refractivity contribution in [2.75, 3.05) is 19.5 Å². The van der Waals surface area contributed by atoms with Crippen LogP contribution in [-0.2, 0) is 26.7 Å². The molecular weight excluding hydrogens is 594 g/mol. The van der Waals surface area contributed by atoms with Crippen LogP contribution in [-0.4, -0.2) is 92.0 Å². The topological polar surface area (TPSA) is 127 Å². The molecule has 1 saturated heterocycles. The molecule has 5 aromatic rings. The van der Waals surface area contributed by atoms with E-state index < -0.39 is 26.8 Å². The number of aryl methyl sites for hydroxylation is 1. The third kappa shape index (κ3) is 5.62. The number of rotatable bonds is 8. The molecule has 1 aliphatic heterocycles. The SMILES string of the molecule is [B]C([B])([B])c1nnn(C)c1-c1cnc2c3c(OC(C)C)ncc(S(C)(=O)=O)c3n(C(c3ncccc3F)C3CCOCC3)c2c1. The third-order valence-electron chi connectivity index (χ3n) is 7.90. The zero-order valence-corrected chi connectivity index (χ0v) is 26.1. The third-order valence-corrected chi connectivity index (χ3v) is 9.00. The van der Waals surface area contributed by atoms with Crippen LogP contribution in [0.3, 0.4) is 0 Å². The highest BCUT2D eigenvalue weighted by Gasteiger charge is 2.36. The molecule has 0 aliphatic carbocycles. The summed E-state index contributed by atoms with van der Waals surface area (Å²) in [5.74, 6) is -0.519. The smallest absolute Gasteiger partial charge is 0.225 e. The van der Waals surface area contributed by atoms with Gasteiger partial charge in [0.2, 0.25) is 5.88 Å². The molecule has 0 N–H and O–H groups in total. The molecule has 16 heteroatoms. The van der Waals surface area contributed by atoms with E-state index in [1.807, 2.05) is 13.8 Å². The van der Waals surface area contributed by atoms with Crippen LogP contribution in [0.5, 0.6) is 5.88 Å². The first-order valence-electron chi connectivity index (χ1n) is 14.4. The van der Waals surface area contributed by atoms with Crippen LogP contribution in [0, 0.1) is 11.7 Å². The zero-order chi connectivity index (χ0) is 32.3. The van der Waals surface area contributed by atoms with E-state index in [4.69, 9.17) is 38.0 Å². The lowest BCUT2D eigenvalue weighted by molar-refractivity contribution is 0.0542. The maximum atomic E-state index is 15.8. The van der Waals surface area contributed by atoms with Gasteiger partial charge in [-0.15, -0.1) is 5.10 Å². The largest absolute Gasteiger partial charge is 0.474 e. The van der Waals surface area contributed by atoms with Gasteiger partial charge in [0.15, 0.2) is 9.84 Å². The van der Waals surface area contributed by atoms with Crippen molar-refractivity contribution in [1.29, 1.82) is 0 Å². The molecule has 0 aromatic carbocycles. The average Bonchev–Trinajstić information content (AvgIpc) is 3.52. The fourth-order valence-electron chi connectivity index (χ4n) is 6.05. The number of ether oxygens (including phenoxy) is 2. The van der Waals surface area contributed by atoms with E-state index in [-0.39, 0.29) is 39.7 Å². The summed E-state index contributed by atoms with van der Waals surface area (Å²) in [6.07, 6.45) is 6.33. The van der Waals surface area contributed by atoms with Gasteiger partial charge in [-0.05, 0) is 50.8 Å². The van der Waals surface area contributed by atoms with E-state index in [1.165, 1.54) is 29.2 Å². The Hall–Kier alpha value is -3.78. The van der Waals surface area contributed by atoms with Crippen molar-refractivity contribution < 1.29 is 22.3 Å². The Balaban J connectivity index is 1.81.